The van der Waals surface area contributed by atoms with E-state index in [-0.39, 0.29) is 34.2 Å². The van der Waals surface area contributed by atoms with E-state index in [0.717, 1.165) is 43.4 Å². The average Bonchev–Trinajstić information content (AvgIpc) is 3.39. The number of aryl methyl sites for hydroxylation is 1. The van der Waals surface area contributed by atoms with E-state index in [0.29, 0.717) is 30.8 Å². The van der Waals surface area contributed by atoms with Crippen LogP contribution in [-0.4, -0.2) is 17.1 Å². The molecule has 0 saturated heterocycles. The second kappa shape index (κ2) is 12.1. The molecular formula is C38H39NO5. The number of non-ortho nitro benzene ring substituents is 1. The van der Waals surface area contributed by atoms with Crippen molar-refractivity contribution in [2.24, 2.45) is 17.3 Å². The van der Waals surface area contributed by atoms with Crippen molar-refractivity contribution in [1.29, 1.82) is 0 Å². The fourth-order valence-electron chi connectivity index (χ4n) is 8.37. The Labute approximate surface area is 259 Å². The highest BCUT2D eigenvalue weighted by Gasteiger charge is 2.59. The minimum Gasteiger partial charge on any atom is -0.490 e. The van der Waals surface area contributed by atoms with Crippen LogP contribution in [-0.2, 0) is 24.4 Å². The van der Waals surface area contributed by atoms with Crippen LogP contribution in [0.2, 0.25) is 0 Å². The maximum Gasteiger partial charge on any atom is 0.269 e. The molecule has 2 saturated carbocycles. The zero-order chi connectivity index (χ0) is 30.1. The fourth-order valence-corrected chi connectivity index (χ4v) is 8.37. The van der Waals surface area contributed by atoms with Gasteiger partial charge in [-0.1, -0.05) is 73.7 Å². The third kappa shape index (κ3) is 5.59. The van der Waals surface area contributed by atoms with Gasteiger partial charge in [0.05, 0.1) is 17.6 Å². The summed E-state index contributed by atoms with van der Waals surface area (Å²) in [6, 6.07) is 33.8. The number of ether oxygens (including phenoxy) is 3. The Bertz CT molecular complexity index is 1590. The van der Waals surface area contributed by atoms with Gasteiger partial charge >= 0.3 is 0 Å². The molecule has 0 aliphatic heterocycles. The summed E-state index contributed by atoms with van der Waals surface area (Å²) >= 11 is 0. The summed E-state index contributed by atoms with van der Waals surface area (Å²) < 4.78 is 19.7. The monoisotopic (exact) mass is 589 g/mol. The summed E-state index contributed by atoms with van der Waals surface area (Å²) in [5.41, 5.74) is 5.10. The molecule has 0 N–H and O–H groups in total. The van der Waals surface area contributed by atoms with E-state index < -0.39 is 0 Å². The topological polar surface area (TPSA) is 70.8 Å². The molecule has 6 heteroatoms. The van der Waals surface area contributed by atoms with Gasteiger partial charge in [0, 0.05) is 23.5 Å². The van der Waals surface area contributed by atoms with Gasteiger partial charge in [-0.05, 0) is 90.5 Å². The van der Waals surface area contributed by atoms with Crippen LogP contribution in [0.25, 0.3) is 0 Å². The molecule has 3 aliphatic carbocycles. The Hall–Kier alpha value is -4.16. The first-order chi connectivity index (χ1) is 21.5. The Morgan fingerprint density at radius 2 is 1.50 bits per heavy atom. The largest absolute Gasteiger partial charge is 0.490 e. The number of nitrogens with zero attached hydrogens (tertiary/aromatic N) is 1. The Morgan fingerprint density at radius 3 is 2.20 bits per heavy atom. The number of nitro benzene ring substituents is 1. The Morgan fingerprint density at radius 1 is 0.818 bits per heavy atom. The van der Waals surface area contributed by atoms with E-state index in [1.807, 2.05) is 24.3 Å². The van der Waals surface area contributed by atoms with Crippen LogP contribution in [0.15, 0.2) is 103 Å². The maximum atomic E-state index is 11.3. The smallest absolute Gasteiger partial charge is 0.269 e. The van der Waals surface area contributed by atoms with Crippen molar-refractivity contribution < 1.29 is 19.1 Å². The average molecular weight is 590 g/mol. The van der Waals surface area contributed by atoms with Crippen LogP contribution < -0.4 is 9.47 Å². The molecule has 0 spiro atoms. The summed E-state index contributed by atoms with van der Waals surface area (Å²) in [5.74, 6) is 2.84. The lowest BCUT2D eigenvalue weighted by molar-refractivity contribution is -0.384. The van der Waals surface area contributed by atoms with Gasteiger partial charge in [-0.2, -0.15) is 0 Å². The molecule has 0 amide bonds. The zero-order valence-corrected chi connectivity index (χ0v) is 25.1. The number of hydrogen-bond donors (Lipinski definition) is 0. The molecule has 6 nitrogen and oxygen atoms in total. The molecule has 0 radical (unpaired) electrons. The van der Waals surface area contributed by atoms with E-state index in [9.17, 15) is 10.1 Å². The number of benzene rings is 4. The number of hydrogen-bond acceptors (Lipinski definition) is 5. The lowest BCUT2D eigenvalue weighted by Crippen LogP contribution is -2.52. The van der Waals surface area contributed by atoms with Crippen molar-refractivity contribution in [2.45, 2.75) is 70.4 Å². The standard InChI is InChI=1S/C38H39NO5/c1-38-23-35(44-30-15-13-29(14-16-30)39(40)41)37-32-19-17-31(42-24-26-8-4-2-5-9-26)22-28(32)12-18-33(37)34(38)20-21-36(38)43-25-27-10-6-3-7-11-27/h2-11,13-17,19,22,33-37H,12,18,20-21,23-25H2,1H3/t33-,34-,35-,36-,37+,38-/m0/s1. The molecule has 4 aromatic carbocycles. The minimum absolute atomic E-state index is 0.0162. The van der Waals surface area contributed by atoms with Crippen molar-refractivity contribution in [2.75, 3.05) is 0 Å². The minimum atomic E-state index is -0.367. The van der Waals surface area contributed by atoms with Crippen molar-refractivity contribution in [1.82, 2.24) is 0 Å². The second-order valence-corrected chi connectivity index (χ2v) is 12.9. The predicted molar refractivity (Wildman–Crippen MR) is 170 cm³/mol. The van der Waals surface area contributed by atoms with Gasteiger partial charge in [0.15, 0.2) is 0 Å². The van der Waals surface area contributed by atoms with Crippen molar-refractivity contribution in [3.8, 4) is 11.5 Å². The van der Waals surface area contributed by atoms with E-state index in [1.165, 1.54) is 28.8 Å². The zero-order valence-electron chi connectivity index (χ0n) is 25.1. The lowest BCUT2D eigenvalue weighted by Gasteiger charge is -2.53. The molecule has 0 heterocycles. The molecule has 2 fully saturated rings. The molecule has 44 heavy (non-hydrogen) atoms. The molecule has 0 bridgehead atoms. The van der Waals surface area contributed by atoms with Crippen LogP contribution >= 0.6 is 0 Å². The predicted octanol–water partition coefficient (Wildman–Crippen LogP) is 8.67. The second-order valence-electron chi connectivity index (χ2n) is 12.9. The molecule has 0 unspecified atom stereocenters. The molecule has 0 aromatic heterocycles. The third-order valence-corrected chi connectivity index (χ3v) is 10.4. The lowest BCUT2D eigenvalue weighted by atomic mass is 9.54. The number of fused-ring (bicyclic) bond motifs is 5. The highest BCUT2D eigenvalue weighted by molar-refractivity contribution is 5.42. The summed E-state index contributed by atoms with van der Waals surface area (Å²) in [6.45, 7) is 3.57. The molecule has 226 valence electrons. The Balaban J connectivity index is 1.17. The summed E-state index contributed by atoms with van der Waals surface area (Å²) in [5, 5.41) is 11.3. The molecule has 7 rings (SSSR count). The maximum absolute atomic E-state index is 11.3. The quantitative estimate of drug-likeness (QED) is 0.144. The summed E-state index contributed by atoms with van der Waals surface area (Å²) in [6.07, 6.45) is 5.30. The van der Waals surface area contributed by atoms with Crippen LogP contribution in [0.5, 0.6) is 11.5 Å². The first kappa shape index (κ1) is 28.6. The van der Waals surface area contributed by atoms with Crippen LogP contribution in [0.3, 0.4) is 0 Å². The van der Waals surface area contributed by atoms with Gasteiger partial charge in [-0.15, -0.1) is 0 Å². The van der Waals surface area contributed by atoms with Crippen molar-refractivity contribution in [3.05, 3.63) is 135 Å². The normalized spacial score (nSPS) is 27.1. The third-order valence-electron chi connectivity index (χ3n) is 10.4. The first-order valence-electron chi connectivity index (χ1n) is 15.8. The molecule has 6 atom stereocenters. The summed E-state index contributed by atoms with van der Waals surface area (Å²) in [4.78, 5) is 10.9. The number of rotatable bonds is 9. The van der Waals surface area contributed by atoms with E-state index >= 15 is 0 Å². The van der Waals surface area contributed by atoms with Crippen molar-refractivity contribution >= 4 is 5.69 Å². The fraction of sp³-hybridized carbons (Fsp3) is 0.368. The van der Waals surface area contributed by atoms with Crippen LogP contribution in [0, 0.1) is 27.4 Å². The van der Waals surface area contributed by atoms with E-state index in [2.05, 4.69) is 61.5 Å². The highest BCUT2D eigenvalue weighted by atomic mass is 16.6. The van der Waals surface area contributed by atoms with Gasteiger partial charge in [-0.3, -0.25) is 10.1 Å². The van der Waals surface area contributed by atoms with Crippen molar-refractivity contribution in [3.63, 3.8) is 0 Å². The SMILES string of the molecule is C[C@]12C[C@H](Oc3ccc([N+](=O)[O-])cc3)[C@@H]3c4ccc(OCc5ccccc5)cc4CC[C@H]3[C@@H]1CC[C@@H]2OCc1ccccc1. The molecule has 3 aliphatic rings. The van der Waals surface area contributed by atoms with E-state index in [1.54, 1.807) is 12.1 Å². The summed E-state index contributed by atoms with van der Waals surface area (Å²) in [7, 11) is 0. The van der Waals surface area contributed by atoms with Gasteiger partial charge in [0.2, 0.25) is 0 Å². The van der Waals surface area contributed by atoms with Crippen LogP contribution in [0.1, 0.15) is 60.8 Å². The molecular weight excluding hydrogens is 550 g/mol. The van der Waals surface area contributed by atoms with Gasteiger partial charge in [0.1, 0.15) is 24.2 Å². The van der Waals surface area contributed by atoms with Gasteiger partial charge < -0.3 is 14.2 Å². The Kier molecular flexibility index (Phi) is 7.85. The first-order valence-corrected chi connectivity index (χ1v) is 15.8. The number of nitro groups is 1. The molecule has 4 aromatic rings. The highest BCUT2D eigenvalue weighted by Crippen LogP contribution is 2.62. The van der Waals surface area contributed by atoms with Gasteiger partial charge in [0.25, 0.3) is 5.69 Å². The van der Waals surface area contributed by atoms with Crippen LogP contribution in [0.4, 0.5) is 5.69 Å². The van der Waals surface area contributed by atoms with Gasteiger partial charge in [-0.25, -0.2) is 0 Å². The van der Waals surface area contributed by atoms with E-state index in [4.69, 9.17) is 14.2 Å².